The number of nitrogens with one attached hydrogen (secondary N) is 1. The molecule has 7 heteroatoms. The zero-order chi connectivity index (χ0) is 23.7. The lowest BCUT2D eigenvalue weighted by Gasteiger charge is -2.39. The lowest BCUT2D eigenvalue weighted by Crippen LogP contribution is -2.58. The summed E-state index contributed by atoms with van der Waals surface area (Å²) in [6, 6.07) is 14.7. The second-order valence-electron chi connectivity index (χ2n) is 9.52. The Kier molecular flexibility index (Phi) is 6.26. The molecule has 1 saturated heterocycles. The number of alkyl carbamates (subject to hydrolysis) is 1. The third kappa shape index (κ3) is 4.15. The number of fused-ring (bicyclic) bond motifs is 3. The number of rotatable bonds is 6. The van der Waals surface area contributed by atoms with Crippen LogP contribution in [0.15, 0.2) is 48.5 Å². The number of piperidine rings is 1. The number of amides is 2. The smallest absolute Gasteiger partial charge is 0.407 e. The van der Waals surface area contributed by atoms with E-state index in [0.29, 0.717) is 13.0 Å². The molecule has 7 nitrogen and oxygen atoms in total. The van der Waals surface area contributed by atoms with E-state index in [9.17, 15) is 19.5 Å². The van der Waals surface area contributed by atoms with E-state index in [0.717, 1.165) is 54.4 Å². The molecule has 2 atom stereocenters. The second kappa shape index (κ2) is 9.49. The van der Waals surface area contributed by atoms with Gasteiger partial charge in [-0.3, -0.25) is 4.79 Å². The average molecular weight is 463 g/mol. The van der Waals surface area contributed by atoms with Gasteiger partial charge in [0.25, 0.3) is 0 Å². The fraction of sp³-hybridized carbons (Fsp3) is 0.444. The maximum absolute atomic E-state index is 13.4. The van der Waals surface area contributed by atoms with E-state index in [1.807, 2.05) is 24.3 Å². The van der Waals surface area contributed by atoms with Crippen LogP contribution in [0.1, 0.15) is 55.6 Å². The van der Waals surface area contributed by atoms with Gasteiger partial charge in [0, 0.05) is 12.5 Å². The van der Waals surface area contributed by atoms with Gasteiger partial charge in [-0.05, 0) is 60.3 Å². The number of carboxylic acids is 1. The molecule has 1 saturated carbocycles. The quantitative estimate of drug-likeness (QED) is 0.672. The van der Waals surface area contributed by atoms with Crippen LogP contribution >= 0.6 is 0 Å². The highest BCUT2D eigenvalue weighted by Crippen LogP contribution is 2.44. The summed E-state index contributed by atoms with van der Waals surface area (Å²) in [5, 5.41) is 12.4. The fourth-order valence-electron chi connectivity index (χ4n) is 5.55. The normalized spacial score (nSPS) is 20.6. The van der Waals surface area contributed by atoms with Crippen LogP contribution in [0.5, 0.6) is 0 Å². The van der Waals surface area contributed by atoms with Crippen LogP contribution in [0.3, 0.4) is 0 Å². The molecule has 178 valence electrons. The van der Waals surface area contributed by atoms with Crippen molar-refractivity contribution >= 4 is 18.0 Å². The van der Waals surface area contributed by atoms with Crippen LogP contribution in [-0.2, 0) is 14.3 Å². The number of carboxylic acid groups (broad SMARTS) is 1. The van der Waals surface area contributed by atoms with Crippen molar-refractivity contribution in [3.8, 4) is 11.1 Å². The first-order valence-corrected chi connectivity index (χ1v) is 12.2. The lowest BCUT2D eigenvalue weighted by atomic mass is 9.79. The van der Waals surface area contributed by atoms with Gasteiger partial charge < -0.3 is 20.1 Å². The van der Waals surface area contributed by atoms with Crippen LogP contribution in [0.4, 0.5) is 4.79 Å². The molecular formula is C27H30N2O5. The van der Waals surface area contributed by atoms with Gasteiger partial charge in [0.05, 0.1) is 0 Å². The van der Waals surface area contributed by atoms with Gasteiger partial charge in [0.15, 0.2) is 0 Å². The number of carbonyl (C=O) groups is 3. The van der Waals surface area contributed by atoms with Crippen molar-refractivity contribution in [1.82, 2.24) is 10.2 Å². The molecule has 0 aromatic heterocycles. The number of benzene rings is 2. The van der Waals surface area contributed by atoms with Crippen molar-refractivity contribution in [2.75, 3.05) is 13.2 Å². The van der Waals surface area contributed by atoms with Crippen molar-refractivity contribution in [3.63, 3.8) is 0 Å². The van der Waals surface area contributed by atoms with E-state index in [-0.39, 0.29) is 24.3 Å². The molecule has 2 fully saturated rings. The van der Waals surface area contributed by atoms with E-state index in [1.165, 1.54) is 4.90 Å². The largest absolute Gasteiger partial charge is 0.480 e. The molecule has 0 spiro atoms. The number of aliphatic carboxylic acids is 1. The minimum atomic E-state index is -0.985. The van der Waals surface area contributed by atoms with Crippen molar-refractivity contribution in [3.05, 3.63) is 59.7 Å². The zero-order valence-corrected chi connectivity index (χ0v) is 19.1. The molecule has 0 radical (unpaired) electrons. The molecule has 1 unspecified atom stereocenters. The molecule has 34 heavy (non-hydrogen) atoms. The highest BCUT2D eigenvalue weighted by molar-refractivity contribution is 5.90. The molecule has 2 aliphatic carbocycles. The molecule has 1 aliphatic heterocycles. The van der Waals surface area contributed by atoms with Gasteiger partial charge in [-0.1, -0.05) is 55.0 Å². The Hall–Kier alpha value is -3.35. The molecule has 2 amide bonds. The summed E-state index contributed by atoms with van der Waals surface area (Å²) in [4.78, 5) is 39.4. The fourth-order valence-corrected chi connectivity index (χ4v) is 5.55. The lowest BCUT2D eigenvalue weighted by molar-refractivity contribution is -0.153. The summed E-state index contributed by atoms with van der Waals surface area (Å²) in [7, 11) is 0. The average Bonchev–Trinajstić information content (AvgIpc) is 3.14. The molecule has 5 rings (SSSR count). The third-order valence-electron chi connectivity index (χ3n) is 7.58. The van der Waals surface area contributed by atoms with Crippen LogP contribution < -0.4 is 5.32 Å². The van der Waals surface area contributed by atoms with Crippen molar-refractivity contribution in [1.29, 1.82) is 0 Å². The molecular weight excluding hydrogens is 432 g/mol. The summed E-state index contributed by atoms with van der Waals surface area (Å²) < 4.78 is 5.66. The molecule has 3 aliphatic rings. The van der Waals surface area contributed by atoms with Crippen LogP contribution in [-0.4, -0.2) is 53.2 Å². The number of likely N-dealkylation sites (tertiary alicyclic amines) is 1. The van der Waals surface area contributed by atoms with E-state index in [1.54, 1.807) is 0 Å². The number of ether oxygens (including phenoxy) is 1. The van der Waals surface area contributed by atoms with E-state index < -0.39 is 24.1 Å². The van der Waals surface area contributed by atoms with Crippen molar-refractivity contribution in [2.24, 2.45) is 5.92 Å². The van der Waals surface area contributed by atoms with Crippen LogP contribution in [0.25, 0.3) is 11.1 Å². The first-order chi connectivity index (χ1) is 16.5. The Morgan fingerprint density at radius 3 is 2.18 bits per heavy atom. The molecule has 1 heterocycles. The number of nitrogens with zero attached hydrogens (tertiary/aromatic N) is 1. The van der Waals surface area contributed by atoms with E-state index in [2.05, 4.69) is 29.6 Å². The van der Waals surface area contributed by atoms with Gasteiger partial charge in [0.1, 0.15) is 18.7 Å². The monoisotopic (exact) mass is 462 g/mol. The third-order valence-corrected chi connectivity index (χ3v) is 7.58. The first kappa shape index (κ1) is 22.4. The number of hydrogen-bond acceptors (Lipinski definition) is 4. The highest BCUT2D eigenvalue weighted by atomic mass is 16.5. The maximum Gasteiger partial charge on any atom is 0.407 e. The Balaban J connectivity index is 1.28. The summed E-state index contributed by atoms with van der Waals surface area (Å²) in [5.74, 6) is -1.33. The highest BCUT2D eigenvalue weighted by Gasteiger charge is 2.41. The summed E-state index contributed by atoms with van der Waals surface area (Å²) >= 11 is 0. The SMILES string of the molecule is O=C(NC(C(=O)N1CCCC[C@H]1C(=O)O)C1CCC1)OCC1c2ccccc2-c2ccccc21. The minimum Gasteiger partial charge on any atom is -0.480 e. The number of carbonyl (C=O) groups excluding carboxylic acids is 2. The topological polar surface area (TPSA) is 95.9 Å². The Bertz CT molecular complexity index is 1050. The predicted octanol–water partition coefficient (Wildman–Crippen LogP) is 4.16. The van der Waals surface area contributed by atoms with Crippen LogP contribution in [0, 0.1) is 5.92 Å². The van der Waals surface area contributed by atoms with Gasteiger partial charge in [-0.25, -0.2) is 9.59 Å². The van der Waals surface area contributed by atoms with Gasteiger partial charge in [-0.15, -0.1) is 0 Å². The van der Waals surface area contributed by atoms with Gasteiger partial charge in [-0.2, -0.15) is 0 Å². The zero-order valence-electron chi connectivity index (χ0n) is 19.1. The standard InChI is InChI=1S/C27H30N2O5/c30-25(29-15-6-5-14-23(29)26(31)32)24(17-8-7-9-17)28-27(33)34-16-22-20-12-3-1-10-18(20)19-11-2-4-13-21(19)22/h1-4,10-13,17,22-24H,5-9,14-16H2,(H,28,33)(H,31,32)/t23-,24?/m0/s1. The van der Waals surface area contributed by atoms with Gasteiger partial charge in [0.2, 0.25) is 5.91 Å². The van der Waals surface area contributed by atoms with Crippen LogP contribution in [0.2, 0.25) is 0 Å². The number of hydrogen-bond donors (Lipinski definition) is 2. The van der Waals surface area contributed by atoms with E-state index >= 15 is 0 Å². The molecule has 2 N–H and O–H groups in total. The molecule has 0 bridgehead atoms. The second-order valence-corrected chi connectivity index (χ2v) is 9.52. The minimum absolute atomic E-state index is 0.0179. The summed E-state index contributed by atoms with van der Waals surface area (Å²) in [5.41, 5.74) is 4.56. The van der Waals surface area contributed by atoms with E-state index in [4.69, 9.17) is 4.74 Å². The first-order valence-electron chi connectivity index (χ1n) is 12.2. The molecule has 2 aromatic carbocycles. The Morgan fingerprint density at radius 2 is 1.59 bits per heavy atom. The molecule has 2 aromatic rings. The Morgan fingerprint density at radius 1 is 0.941 bits per heavy atom. The predicted molar refractivity (Wildman–Crippen MR) is 126 cm³/mol. The maximum atomic E-state index is 13.4. The Labute approximate surface area is 199 Å². The van der Waals surface area contributed by atoms with Crippen molar-refractivity contribution in [2.45, 2.75) is 56.5 Å². The summed E-state index contributed by atoms with van der Waals surface area (Å²) in [6.07, 6.45) is 4.06. The van der Waals surface area contributed by atoms with Gasteiger partial charge >= 0.3 is 12.1 Å². The van der Waals surface area contributed by atoms with Crippen molar-refractivity contribution < 1.29 is 24.2 Å². The summed E-state index contributed by atoms with van der Waals surface area (Å²) in [6.45, 7) is 0.582.